The van der Waals surface area contributed by atoms with Crippen molar-refractivity contribution in [2.24, 2.45) is 11.7 Å². The molecule has 0 aliphatic carbocycles. The number of piperidine rings is 1. The standard InChI is InChI=1S/C14H21N5O2/c1-10(20)19-12(9-18-5-2-4-16-18)7-11-8-17(14(15)21)6-3-13(11)19/h2,4-5,11-13H,3,6-9H2,1H3,(H2,15,21)/t11-,12?,13+/m1/s1. The van der Waals surface area contributed by atoms with E-state index in [1.807, 2.05) is 21.8 Å². The summed E-state index contributed by atoms with van der Waals surface area (Å²) in [6.07, 6.45) is 5.36. The summed E-state index contributed by atoms with van der Waals surface area (Å²) in [5, 5.41) is 4.23. The third-order valence-electron chi connectivity index (χ3n) is 4.65. The Morgan fingerprint density at radius 2 is 2.24 bits per heavy atom. The fraction of sp³-hybridized carbons (Fsp3) is 0.643. The average molecular weight is 291 g/mol. The van der Waals surface area contributed by atoms with E-state index in [1.54, 1.807) is 18.0 Å². The monoisotopic (exact) mass is 291 g/mol. The lowest BCUT2D eigenvalue weighted by Crippen LogP contribution is -2.51. The Morgan fingerprint density at radius 3 is 2.86 bits per heavy atom. The summed E-state index contributed by atoms with van der Waals surface area (Å²) in [5.74, 6) is 0.419. The SMILES string of the molecule is CC(=O)N1C(Cn2cccn2)C[C@@H]2CN(C(N)=O)CC[C@@H]21. The molecule has 3 atom stereocenters. The van der Waals surface area contributed by atoms with Gasteiger partial charge in [0, 0.05) is 38.4 Å². The van der Waals surface area contributed by atoms with Gasteiger partial charge in [0.2, 0.25) is 5.91 Å². The molecule has 21 heavy (non-hydrogen) atoms. The third kappa shape index (κ3) is 2.59. The summed E-state index contributed by atoms with van der Waals surface area (Å²) in [4.78, 5) is 27.1. The highest BCUT2D eigenvalue weighted by Gasteiger charge is 2.45. The van der Waals surface area contributed by atoms with E-state index in [9.17, 15) is 9.59 Å². The first-order valence-electron chi connectivity index (χ1n) is 7.37. The number of urea groups is 1. The van der Waals surface area contributed by atoms with Gasteiger partial charge in [0.15, 0.2) is 0 Å². The molecule has 7 heteroatoms. The van der Waals surface area contributed by atoms with Gasteiger partial charge in [-0.1, -0.05) is 0 Å². The number of rotatable bonds is 2. The zero-order valence-corrected chi connectivity index (χ0v) is 12.2. The molecule has 0 radical (unpaired) electrons. The normalized spacial score (nSPS) is 28.5. The van der Waals surface area contributed by atoms with Gasteiger partial charge in [-0.05, 0) is 24.8 Å². The highest BCUT2D eigenvalue weighted by Crippen LogP contribution is 2.36. The van der Waals surface area contributed by atoms with Crippen LogP contribution in [-0.4, -0.2) is 56.7 Å². The highest BCUT2D eigenvalue weighted by molar-refractivity contribution is 5.75. The van der Waals surface area contributed by atoms with Crippen molar-refractivity contribution < 1.29 is 9.59 Å². The molecule has 2 aliphatic heterocycles. The van der Waals surface area contributed by atoms with E-state index < -0.39 is 0 Å². The molecule has 1 aromatic rings. The van der Waals surface area contributed by atoms with Gasteiger partial charge in [-0.2, -0.15) is 5.10 Å². The fourth-order valence-electron chi connectivity index (χ4n) is 3.83. The Kier molecular flexibility index (Phi) is 3.57. The predicted octanol–water partition coefficient (Wildman–Crippen LogP) is 0.273. The molecule has 0 saturated carbocycles. The molecule has 2 fully saturated rings. The summed E-state index contributed by atoms with van der Waals surface area (Å²) in [6, 6.07) is 1.89. The van der Waals surface area contributed by atoms with Gasteiger partial charge in [-0.3, -0.25) is 9.48 Å². The first kappa shape index (κ1) is 13.9. The Hall–Kier alpha value is -2.05. The Balaban J connectivity index is 1.76. The van der Waals surface area contributed by atoms with E-state index in [4.69, 9.17) is 5.73 Å². The molecule has 2 N–H and O–H groups in total. The first-order chi connectivity index (χ1) is 10.1. The topological polar surface area (TPSA) is 84.5 Å². The van der Waals surface area contributed by atoms with Crippen molar-refractivity contribution in [2.75, 3.05) is 13.1 Å². The molecule has 3 amide bonds. The van der Waals surface area contributed by atoms with Gasteiger partial charge in [0.25, 0.3) is 0 Å². The predicted molar refractivity (Wildman–Crippen MR) is 76.2 cm³/mol. The minimum atomic E-state index is -0.363. The molecular formula is C14H21N5O2. The van der Waals surface area contributed by atoms with Crippen LogP contribution in [0.15, 0.2) is 18.5 Å². The van der Waals surface area contributed by atoms with Crippen molar-refractivity contribution in [1.82, 2.24) is 19.6 Å². The van der Waals surface area contributed by atoms with Crippen molar-refractivity contribution in [3.05, 3.63) is 18.5 Å². The zero-order valence-electron chi connectivity index (χ0n) is 12.2. The number of nitrogens with two attached hydrogens (primary N) is 1. The second kappa shape index (κ2) is 5.38. The molecule has 1 unspecified atom stereocenters. The van der Waals surface area contributed by atoms with Crippen molar-refractivity contribution in [2.45, 2.75) is 38.4 Å². The second-order valence-corrected chi connectivity index (χ2v) is 5.94. The average Bonchev–Trinajstić information content (AvgIpc) is 3.04. The van der Waals surface area contributed by atoms with Crippen molar-refractivity contribution in [3.63, 3.8) is 0 Å². The van der Waals surface area contributed by atoms with E-state index >= 15 is 0 Å². The van der Waals surface area contributed by atoms with Crippen LogP contribution < -0.4 is 5.73 Å². The molecule has 3 rings (SSSR count). The Bertz CT molecular complexity index is 529. The summed E-state index contributed by atoms with van der Waals surface area (Å²) in [7, 11) is 0. The minimum absolute atomic E-state index is 0.104. The molecular weight excluding hydrogens is 270 g/mol. The number of nitrogens with zero attached hydrogens (tertiary/aromatic N) is 4. The summed E-state index contributed by atoms with van der Waals surface area (Å²) in [6.45, 7) is 3.61. The van der Waals surface area contributed by atoms with Crippen LogP contribution in [0.4, 0.5) is 4.79 Å². The van der Waals surface area contributed by atoms with Crippen LogP contribution >= 0.6 is 0 Å². The van der Waals surface area contributed by atoms with E-state index in [0.29, 0.717) is 25.6 Å². The van der Waals surface area contributed by atoms with Crippen LogP contribution in [0.25, 0.3) is 0 Å². The molecule has 0 spiro atoms. The molecule has 2 saturated heterocycles. The second-order valence-electron chi connectivity index (χ2n) is 5.94. The lowest BCUT2D eigenvalue weighted by atomic mass is 9.92. The fourth-order valence-corrected chi connectivity index (χ4v) is 3.83. The van der Waals surface area contributed by atoms with Crippen LogP contribution in [-0.2, 0) is 11.3 Å². The summed E-state index contributed by atoms with van der Waals surface area (Å²) >= 11 is 0. The van der Waals surface area contributed by atoms with Crippen molar-refractivity contribution in [3.8, 4) is 0 Å². The van der Waals surface area contributed by atoms with Crippen molar-refractivity contribution in [1.29, 1.82) is 0 Å². The Labute approximate surface area is 123 Å². The zero-order chi connectivity index (χ0) is 15.0. The molecule has 7 nitrogen and oxygen atoms in total. The molecule has 2 aliphatic rings. The van der Waals surface area contributed by atoms with Crippen LogP contribution in [0.5, 0.6) is 0 Å². The molecule has 0 aromatic carbocycles. The molecule has 1 aromatic heterocycles. The van der Waals surface area contributed by atoms with Gasteiger partial charge in [0.05, 0.1) is 12.6 Å². The number of hydrogen-bond donors (Lipinski definition) is 1. The number of hydrogen-bond acceptors (Lipinski definition) is 3. The summed E-state index contributed by atoms with van der Waals surface area (Å²) in [5.41, 5.74) is 5.38. The number of carbonyl (C=O) groups excluding carboxylic acids is 2. The maximum Gasteiger partial charge on any atom is 0.314 e. The minimum Gasteiger partial charge on any atom is -0.351 e. The maximum atomic E-state index is 12.0. The first-order valence-corrected chi connectivity index (χ1v) is 7.37. The lowest BCUT2D eigenvalue weighted by molar-refractivity contribution is -0.132. The van der Waals surface area contributed by atoms with Crippen LogP contribution in [0.1, 0.15) is 19.8 Å². The van der Waals surface area contributed by atoms with E-state index in [0.717, 1.165) is 12.8 Å². The van der Waals surface area contributed by atoms with Gasteiger partial charge >= 0.3 is 6.03 Å². The van der Waals surface area contributed by atoms with E-state index in [2.05, 4.69) is 5.10 Å². The Morgan fingerprint density at radius 1 is 1.43 bits per heavy atom. The lowest BCUT2D eigenvalue weighted by Gasteiger charge is -2.37. The number of carbonyl (C=O) groups is 2. The highest BCUT2D eigenvalue weighted by atomic mass is 16.2. The van der Waals surface area contributed by atoms with Crippen LogP contribution in [0.2, 0.25) is 0 Å². The van der Waals surface area contributed by atoms with Crippen molar-refractivity contribution >= 4 is 11.9 Å². The summed E-state index contributed by atoms with van der Waals surface area (Å²) < 4.78 is 1.86. The number of amides is 3. The molecule has 0 bridgehead atoms. The largest absolute Gasteiger partial charge is 0.351 e. The van der Waals surface area contributed by atoms with E-state index in [1.165, 1.54) is 0 Å². The number of primary amides is 1. The van der Waals surface area contributed by atoms with Gasteiger partial charge in [0.1, 0.15) is 0 Å². The maximum absolute atomic E-state index is 12.0. The van der Waals surface area contributed by atoms with Gasteiger partial charge in [-0.15, -0.1) is 0 Å². The number of fused-ring (bicyclic) bond motifs is 1. The smallest absolute Gasteiger partial charge is 0.314 e. The number of aromatic nitrogens is 2. The van der Waals surface area contributed by atoms with E-state index in [-0.39, 0.29) is 24.0 Å². The molecule has 114 valence electrons. The molecule has 3 heterocycles. The van der Waals surface area contributed by atoms with Gasteiger partial charge < -0.3 is 15.5 Å². The van der Waals surface area contributed by atoms with Crippen LogP contribution in [0, 0.1) is 5.92 Å². The quantitative estimate of drug-likeness (QED) is 0.849. The van der Waals surface area contributed by atoms with Gasteiger partial charge in [-0.25, -0.2) is 4.79 Å². The van der Waals surface area contributed by atoms with Crippen LogP contribution in [0.3, 0.4) is 0 Å². The number of likely N-dealkylation sites (tertiary alicyclic amines) is 2. The third-order valence-corrected chi connectivity index (χ3v) is 4.65.